The fraction of sp³-hybridized carbons (Fsp3) is 0.938. The molecule has 3 heteroatoms. The molecule has 19 heavy (non-hydrogen) atoms. The van der Waals surface area contributed by atoms with Crippen LogP contribution in [-0.4, -0.2) is 35.6 Å². The van der Waals surface area contributed by atoms with E-state index in [-0.39, 0.29) is 5.54 Å². The maximum absolute atomic E-state index is 9.54. The minimum absolute atomic E-state index is 0.273. The molecule has 3 nitrogen and oxygen atoms in total. The lowest BCUT2D eigenvalue weighted by molar-refractivity contribution is 0.0948. The highest BCUT2D eigenvalue weighted by Crippen LogP contribution is 2.35. The number of piperidine rings is 1. The molecule has 1 heterocycles. The molecule has 1 saturated carbocycles. The van der Waals surface area contributed by atoms with E-state index in [9.17, 15) is 5.26 Å². The van der Waals surface area contributed by atoms with Crippen LogP contribution in [0.4, 0.5) is 0 Å². The second kappa shape index (κ2) is 5.81. The van der Waals surface area contributed by atoms with Gasteiger partial charge in [-0.2, -0.15) is 5.26 Å². The third kappa shape index (κ3) is 3.30. The molecule has 0 spiro atoms. The highest BCUT2D eigenvalue weighted by molar-refractivity contribution is 5.14. The topological polar surface area (TPSA) is 39.1 Å². The van der Waals surface area contributed by atoms with Crippen molar-refractivity contribution in [3.63, 3.8) is 0 Å². The molecule has 2 rings (SSSR count). The molecule has 4 unspecified atom stereocenters. The predicted octanol–water partition coefficient (Wildman–Crippen LogP) is 2.78. The normalized spacial score (nSPS) is 40.5. The summed E-state index contributed by atoms with van der Waals surface area (Å²) in [7, 11) is 0. The van der Waals surface area contributed by atoms with E-state index in [0.29, 0.717) is 12.1 Å². The maximum atomic E-state index is 9.54. The number of nitrogens with one attached hydrogen (secondary N) is 1. The molecular formula is C16H29N3. The van der Waals surface area contributed by atoms with Gasteiger partial charge in [-0.1, -0.05) is 13.8 Å². The van der Waals surface area contributed by atoms with Crippen molar-refractivity contribution in [1.82, 2.24) is 10.2 Å². The molecule has 0 bridgehead atoms. The molecule has 1 aliphatic carbocycles. The Morgan fingerprint density at radius 2 is 2.00 bits per heavy atom. The van der Waals surface area contributed by atoms with Gasteiger partial charge >= 0.3 is 0 Å². The molecule has 4 atom stereocenters. The summed E-state index contributed by atoms with van der Waals surface area (Å²) in [5.41, 5.74) is -0.273. The Hall–Kier alpha value is -0.590. The Bertz CT molecular complexity index is 346. The average Bonchev–Trinajstić information content (AvgIpc) is 2.77. The van der Waals surface area contributed by atoms with Crippen molar-refractivity contribution in [1.29, 1.82) is 5.26 Å². The number of nitriles is 1. The van der Waals surface area contributed by atoms with E-state index in [0.717, 1.165) is 24.7 Å². The Kier molecular flexibility index (Phi) is 4.53. The standard InChI is InChI=1S/C16H29N3/c1-12(2)18-16(11-17)7-5-15(9-16)19-8-6-13(3)14(4)10-19/h12-15,18H,5-10H2,1-4H3. The van der Waals surface area contributed by atoms with Crippen LogP contribution in [0.15, 0.2) is 0 Å². The van der Waals surface area contributed by atoms with Gasteiger partial charge in [0.2, 0.25) is 0 Å². The summed E-state index contributed by atoms with van der Waals surface area (Å²) < 4.78 is 0. The third-order valence-corrected chi connectivity index (χ3v) is 5.15. The van der Waals surface area contributed by atoms with Crippen LogP contribution in [0.1, 0.15) is 53.4 Å². The molecule has 1 aliphatic heterocycles. The number of hydrogen-bond donors (Lipinski definition) is 1. The first kappa shape index (κ1) is 14.8. The van der Waals surface area contributed by atoms with Crippen LogP contribution in [0.5, 0.6) is 0 Å². The summed E-state index contributed by atoms with van der Waals surface area (Å²) in [6.07, 6.45) is 4.50. The van der Waals surface area contributed by atoms with Crippen molar-refractivity contribution < 1.29 is 0 Å². The van der Waals surface area contributed by atoms with Gasteiger partial charge in [-0.3, -0.25) is 10.2 Å². The number of likely N-dealkylation sites (tertiary alicyclic amines) is 1. The van der Waals surface area contributed by atoms with Gasteiger partial charge in [-0.25, -0.2) is 0 Å². The van der Waals surface area contributed by atoms with Crippen LogP contribution >= 0.6 is 0 Å². The van der Waals surface area contributed by atoms with Gasteiger partial charge in [0.15, 0.2) is 0 Å². The van der Waals surface area contributed by atoms with Crippen LogP contribution in [0, 0.1) is 23.2 Å². The lowest BCUT2D eigenvalue weighted by atomic mass is 9.87. The molecule has 2 aliphatic rings. The first-order valence-corrected chi connectivity index (χ1v) is 7.89. The van der Waals surface area contributed by atoms with E-state index in [1.165, 1.54) is 25.9 Å². The van der Waals surface area contributed by atoms with Crippen molar-refractivity contribution in [2.45, 2.75) is 71.0 Å². The molecule has 0 aromatic rings. The lowest BCUT2D eigenvalue weighted by Gasteiger charge is -2.39. The number of rotatable bonds is 3. The van der Waals surface area contributed by atoms with Crippen molar-refractivity contribution in [2.75, 3.05) is 13.1 Å². The molecule has 1 N–H and O–H groups in total. The van der Waals surface area contributed by atoms with Gasteiger partial charge in [0, 0.05) is 18.6 Å². The van der Waals surface area contributed by atoms with Gasteiger partial charge in [0.05, 0.1) is 6.07 Å². The summed E-state index contributed by atoms with van der Waals surface area (Å²) in [4.78, 5) is 2.64. The van der Waals surface area contributed by atoms with Crippen molar-refractivity contribution in [2.24, 2.45) is 11.8 Å². The van der Waals surface area contributed by atoms with Crippen LogP contribution in [0.25, 0.3) is 0 Å². The summed E-state index contributed by atoms with van der Waals surface area (Å²) in [6, 6.07) is 3.56. The first-order valence-electron chi connectivity index (χ1n) is 7.89. The van der Waals surface area contributed by atoms with Gasteiger partial charge in [0.1, 0.15) is 5.54 Å². The summed E-state index contributed by atoms with van der Waals surface area (Å²) in [5, 5.41) is 13.1. The summed E-state index contributed by atoms with van der Waals surface area (Å²) >= 11 is 0. The smallest absolute Gasteiger partial charge is 0.108 e. The molecule has 2 fully saturated rings. The van der Waals surface area contributed by atoms with Gasteiger partial charge in [-0.15, -0.1) is 0 Å². The molecule has 0 aromatic carbocycles. The second-order valence-corrected chi connectivity index (χ2v) is 7.13. The Labute approximate surface area is 118 Å². The van der Waals surface area contributed by atoms with Crippen LogP contribution in [0.2, 0.25) is 0 Å². The van der Waals surface area contributed by atoms with Crippen molar-refractivity contribution in [3.05, 3.63) is 0 Å². The van der Waals surface area contributed by atoms with Gasteiger partial charge in [-0.05, 0) is 57.9 Å². The quantitative estimate of drug-likeness (QED) is 0.851. The van der Waals surface area contributed by atoms with E-state index in [1.54, 1.807) is 0 Å². The second-order valence-electron chi connectivity index (χ2n) is 7.13. The Morgan fingerprint density at radius 3 is 2.58 bits per heavy atom. The minimum Gasteiger partial charge on any atom is -0.300 e. The average molecular weight is 263 g/mol. The van der Waals surface area contributed by atoms with E-state index in [2.05, 4.69) is 44.0 Å². The molecule has 1 saturated heterocycles. The van der Waals surface area contributed by atoms with Crippen LogP contribution in [0.3, 0.4) is 0 Å². The minimum atomic E-state index is -0.273. The zero-order valence-electron chi connectivity index (χ0n) is 12.9. The van der Waals surface area contributed by atoms with Crippen molar-refractivity contribution >= 4 is 0 Å². The van der Waals surface area contributed by atoms with Crippen LogP contribution < -0.4 is 5.32 Å². The fourth-order valence-electron chi connectivity index (χ4n) is 3.78. The Balaban J connectivity index is 1.96. The zero-order chi connectivity index (χ0) is 14.0. The van der Waals surface area contributed by atoms with Gasteiger partial charge < -0.3 is 0 Å². The fourth-order valence-corrected chi connectivity index (χ4v) is 3.78. The van der Waals surface area contributed by atoms with E-state index >= 15 is 0 Å². The lowest BCUT2D eigenvalue weighted by Crippen LogP contribution is -2.48. The maximum Gasteiger partial charge on any atom is 0.108 e. The van der Waals surface area contributed by atoms with Gasteiger partial charge in [0.25, 0.3) is 0 Å². The number of nitrogens with zero attached hydrogens (tertiary/aromatic N) is 2. The summed E-state index contributed by atoms with van der Waals surface area (Å²) in [5.74, 6) is 1.65. The zero-order valence-corrected chi connectivity index (χ0v) is 12.9. The van der Waals surface area contributed by atoms with E-state index in [1.807, 2.05) is 0 Å². The highest BCUT2D eigenvalue weighted by atomic mass is 15.2. The van der Waals surface area contributed by atoms with E-state index < -0.39 is 0 Å². The number of hydrogen-bond acceptors (Lipinski definition) is 3. The molecule has 0 radical (unpaired) electrons. The summed E-state index contributed by atoms with van der Waals surface area (Å²) in [6.45, 7) is 11.5. The van der Waals surface area contributed by atoms with Crippen LogP contribution in [-0.2, 0) is 0 Å². The monoisotopic (exact) mass is 263 g/mol. The molecule has 108 valence electrons. The molecular weight excluding hydrogens is 234 g/mol. The van der Waals surface area contributed by atoms with E-state index in [4.69, 9.17) is 0 Å². The largest absolute Gasteiger partial charge is 0.300 e. The highest BCUT2D eigenvalue weighted by Gasteiger charge is 2.42. The molecule has 0 amide bonds. The molecule has 0 aromatic heterocycles. The first-order chi connectivity index (χ1) is 8.96. The Morgan fingerprint density at radius 1 is 1.26 bits per heavy atom. The predicted molar refractivity (Wildman–Crippen MR) is 78.8 cm³/mol. The third-order valence-electron chi connectivity index (χ3n) is 5.15. The van der Waals surface area contributed by atoms with Crippen molar-refractivity contribution in [3.8, 4) is 6.07 Å². The SMILES string of the molecule is CC(C)NC1(C#N)CCC(N2CCC(C)C(C)C2)C1.